The summed E-state index contributed by atoms with van der Waals surface area (Å²) in [5.41, 5.74) is 4.39. The van der Waals surface area contributed by atoms with Crippen LogP contribution in [0.5, 0.6) is 0 Å². The number of nitrogens with one attached hydrogen (secondary N) is 2. The Kier molecular flexibility index (Phi) is 9.51. The molecule has 0 aliphatic rings. The van der Waals surface area contributed by atoms with Crippen molar-refractivity contribution in [2.45, 2.75) is 27.3 Å². The summed E-state index contributed by atoms with van der Waals surface area (Å²) in [4.78, 5) is 4.24. The van der Waals surface area contributed by atoms with Crippen molar-refractivity contribution in [3.63, 3.8) is 0 Å². The van der Waals surface area contributed by atoms with Gasteiger partial charge in [0.2, 0.25) is 0 Å². The highest BCUT2D eigenvalue weighted by molar-refractivity contribution is 14.0. The molecule has 0 spiro atoms. The fourth-order valence-corrected chi connectivity index (χ4v) is 2.53. The molecule has 25 heavy (non-hydrogen) atoms. The van der Waals surface area contributed by atoms with Crippen molar-refractivity contribution >= 4 is 29.9 Å². The molecule has 138 valence electrons. The minimum absolute atomic E-state index is 0. The number of rotatable bonds is 7. The number of aliphatic imine (C=N–C) groups is 1. The van der Waals surface area contributed by atoms with E-state index in [0.717, 1.165) is 41.7 Å². The Morgan fingerprint density at radius 3 is 2.64 bits per heavy atom. The zero-order valence-corrected chi connectivity index (χ0v) is 17.7. The zero-order valence-electron chi connectivity index (χ0n) is 15.4. The monoisotopic (exact) mass is 457 g/mol. The maximum atomic E-state index is 5.33. The van der Waals surface area contributed by atoms with Gasteiger partial charge >= 0.3 is 0 Å². The third kappa shape index (κ3) is 6.32. The van der Waals surface area contributed by atoms with Crippen LogP contribution in [0.4, 0.5) is 0 Å². The summed E-state index contributed by atoms with van der Waals surface area (Å²) >= 11 is 0. The van der Waals surface area contributed by atoms with E-state index in [-0.39, 0.29) is 24.0 Å². The van der Waals surface area contributed by atoms with Crippen molar-refractivity contribution in [2.24, 2.45) is 4.99 Å². The molecule has 0 saturated heterocycles. The van der Waals surface area contributed by atoms with Crippen LogP contribution in [0.1, 0.15) is 23.9 Å². The van der Waals surface area contributed by atoms with Gasteiger partial charge in [-0.2, -0.15) is 5.10 Å². The summed E-state index contributed by atoms with van der Waals surface area (Å²) in [7, 11) is 1.77. The van der Waals surface area contributed by atoms with Crippen molar-refractivity contribution in [1.82, 2.24) is 20.4 Å². The highest BCUT2D eigenvalue weighted by Crippen LogP contribution is 2.16. The first-order chi connectivity index (χ1) is 11.7. The Morgan fingerprint density at radius 2 is 2.00 bits per heavy atom. The Balaban J connectivity index is 0.00000312. The summed E-state index contributed by atoms with van der Waals surface area (Å²) in [5, 5.41) is 11.2. The molecule has 7 heteroatoms. The van der Waals surface area contributed by atoms with Crippen LogP contribution in [-0.4, -0.2) is 42.5 Å². The van der Waals surface area contributed by atoms with Gasteiger partial charge in [-0.1, -0.05) is 18.2 Å². The van der Waals surface area contributed by atoms with Crippen LogP contribution in [-0.2, 0) is 11.3 Å². The minimum atomic E-state index is 0. The third-order valence-corrected chi connectivity index (χ3v) is 3.64. The third-order valence-electron chi connectivity index (χ3n) is 3.64. The van der Waals surface area contributed by atoms with Gasteiger partial charge in [0, 0.05) is 32.4 Å². The lowest BCUT2D eigenvalue weighted by atomic mass is 10.1. The second-order valence-corrected chi connectivity index (χ2v) is 5.52. The predicted octanol–water partition coefficient (Wildman–Crippen LogP) is 2.81. The number of hydrogen-bond donors (Lipinski definition) is 2. The van der Waals surface area contributed by atoms with Gasteiger partial charge in [-0.05, 0) is 38.5 Å². The topological polar surface area (TPSA) is 63.5 Å². The fraction of sp³-hybridized carbons (Fsp3) is 0.444. The van der Waals surface area contributed by atoms with Crippen LogP contribution in [0.15, 0.2) is 35.3 Å². The van der Waals surface area contributed by atoms with Crippen LogP contribution in [0.3, 0.4) is 0 Å². The lowest BCUT2D eigenvalue weighted by molar-refractivity contribution is 0.152. The predicted molar refractivity (Wildman–Crippen MR) is 113 cm³/mol. The minimum Gasteiger partial charge on any atom is -0.380 e. The number of aromatic nitrogens is 2. The molecular formula is C18H28IN5O. The van der Waals surface area contributed by atoms with E-state index in [1.165, 1.54) is 0 Å². The normalized spacial score (nSPS) is 11.1. The highest BCUT2D eigenvalue weighted by Gasteiger charge is 2.09. The van der Waals surface area contributed by atoms with Gasteiger partial charge in [-0.15, -0.1) is 24.0 Å². The summed E-state index contributed by atoms with van der Waals surface area (Å²) in [6.07, 6.45) is 0. The van der Waals surface area contributed by atoms with Gasteiger partial charge in [-0.3, -0.25) is 4.99 Å². The van der Waals surface area contributed by atoms with Gasteiger partial charge in [0.15, 0.2) is 5.96 Å². The molecule has 1 aromatic carbocycles. The van der Waals surface area contributed by atoms with Crippen LogP contribution < -0.4 is 10.6 Å². The molecule has 0 aliphatic heterocycles. The number of nitrogens with zero attached hydrogens (tertiary/aromatic N) is 3. The van der Waals surface area contributed by atoms with Crippen molar-refractivity contribution in [3.05, 3.63) is 47.3 Å². The van der Waals surface area contributed by atoms with E-state index in [1.807, 2.05) is 30.7 Å². The first kappa shape index (κ1) is 21.4. The molecule has 2 rings (SSSR count). The Labute approximate surface area is 167 Å². The van der Waals surface area contributed by atoms with Crippen LogP contribution in [0, 0.1) is 13.8 Å². The van der Waals surface area contributed by atoms with Crippen molar-refractivity contribution in [1.29, 1.82) is 0 Å². The Bertz CT molecular complexity index is 684. The lowest BCUT2D eigenvalue weighted by Gasteiger charge is -2.15. The molecule has 6 nitrogen and oxygen atoms in total. The van der Waals surface area contributed by atoms with E-state index in [1.54, 1.807) is 7.05 Å². The van der Waals surface area contributed by atoms with Gasteiger partial charge in [0.05, 0.1) is 18.0 Å². The molecule has 0 atom stereocenters. The van der Waals surface area contributed by atoms with Crippen LogP contribution in [0.2, 0.25) is 0 Å². The number of benzene rings is 1. The number of para-hydroxylation sites is 1. The van der Waals surface area contributed by atoms with E-state index >= 15 is 0 Å². The highest BCUT2D eigenvalue weighted by atomic mass is 127. The molecule has 0 unspecified atom stereocenters. The SMILES string of the molecule is CCOCCNC(=NC)NCc1ccccc1-n1nc(C)cc1C.I. The molecule has 1 heterocycles. The van der Waals surface area contributed by atoms with E-state index in [0.29, 0.717) is 13.2 Å². The molecule has 0 aliphatic carbocycles. The van der Waals surface area contributed by atoms with Gasteiger partial charge in [0.1, 0.15) is 0 Å². The Hall–Kier alpha value is -1.61. The maximum absolute atomic E-state index is 5.33. The molecule has 2 aromatic rings. The van der Waals surface area contributed by atoms with Gasteiger partial charge < -0.3 is 15.4 Å². The Morgan fingerprint density at radius 1 is 1.24 bits per heavy atom. The first-order valence-corrected chi connectivity index (χ1v) is 8.29. The molecule has 0 fully saturated rings. The van der Waals surface area contributed by atoms with E-state index in [2.05, 4.69) is 45.8 Å². The average Bonchev–Trinajstić information content (AvgIpc) is 2.93. The summed E-state index contributed by atoms with van der Waals surface area (Å²) in [5.74, 6) is 0.762. The van der Waals surface area contributed by atoms with Gasteiger partial charge in [-0.25, -0.2) is 4.68 Å². The molecule has 0 radical (unpaired) electrons. The molecule has 0 amide bonds. The van der Waals surface area contributed by atoms with E-state index in [9.17, 15) is 0 Å². The molecule has 1 aromatic heterocycles. The quantitative estimate of drug-likeness (QED) is 0.291. The summed E-state index contributed by atoms with van der Waals surface area (Å²) in [6.45, 7) is 8.86. The number of halogens is 1. The lowest BCUT2D eigenvalue weighted by Crippen LogP contribution is -2.38. The van der Waals surface area contributed by atoms with E-state index < -0.39 is 0 Å². The number of guanidine groups is 1. The van der Waals surface area contributed by atoms with Gasteiger partial charge in [0.25, 0.3) is 0 Å². The smallest absolute Gasteiger partial charge is 0.191 e. The molecular weight excluding hydrogens is 429 g/mol. The zero-order chi connectivity index (χ0) is 17.4. The number of ether oxygens (including phenoxy) is 1. The summed E-state index contributed by atoms with van der Waals surface area (Å²) in [6, 6.07) is 10.3. The first-order valence-electron chi connectivity index (χ1n) is 8.29. The van der Waals surface area contributed by atoms with Crippen molar-refractivity contribution in [2.75, 3.05) is 26.8 Å². The summed E-state index contributed by atoms with van der Waals surface area (Å²) < 4.78 is 7.31. The van der Waals surface area contributed by atoms with Crippen molar-refractivity contribution < 1.29 is 4.74 Å². The number of aryl methyl sites for hydroxylation is 2. The largest absolute Gasteiger partial charge is 0.380 e. The second kappa shape index (κ2) is 11.1. The fourth-order valence-electron chi connectivity index (χ4n) is 2.53. The molecule has 2 N–H and O–H groups in total. The number of hydrogen-bond acceptors (Lipinski definition) is 3. The van der Waals surface area contributed by atoms with Crippen LogP contribution in [0.25, 0.3) is 5.69 Å². The van der Waals surface area contributed by atoms with E-state index in [4.69, 9.17) is 4.74 Å². The molecule has 0 bridgehead atoms. The molecule has 0 saturated carbocycles. The maximum Gasteiger partial charge on any atom is 0.191 e. The second-order valence-electron chi connectivity index (χ2n) is 5.52. The average molecular weight is 457 g/mol. The van der Waals surface area contributed by atoms with Crippen molar-refractivity contribution in [3.8, 4) is 5.69 Å². The standard InChI is InChI=1S/C18H27N5O.HI/c1-5-24-11-10-20-18(19-4)21-13-16-8-6-7-9-17(16)23-15(3)12-14(2)22-23;/h6-9,12H,5,10-11,13H2,1-4H3,(H2,19,20,21);1H. The van der Waals surface area contributed by atoms with Crippen LogP contribution >= 0.6 is 24.0 Å².